The zero-order chi connectivity index (χ0) is 9.97. The van der Waals surface area contributed by atoms with E-state index in [1.54, 1.807) is 0 Å². The summed E-state index contributed by atoms with van der Waals surface area (Å²) in [6.07, 6.45) is 7.66. The fourth-order valence-corrected chi connectivity index (χ4v) is 2.49. The van der Waals surface area contributed by atoms with E-state index in [2.05, 4.69) is 35.9 Å². The first-order valence-electron chi connectivity index (χ1n) is 5.13. The van der Waals surface area contributed by atoms with Gasteiger partial charge < -0.3 is 4.90 Å². The van der Waals surface area contributed by atoms with Crippen LogP contribution in [0.4, 0.5) is 5.00 Å². The van der Waals surface area contributed by atoms with Crippen molar-refractivity contribution in [1.82, 2.24) is 4.98 Å². The summed E-state index contributed by atoms with van der Waals surface area (Å²) in [5.74, 6) is 0.550. The van der Waals surface area contributed by atoms with Crippen molar-refractivity contribution in [3.8, 4) is 0 Å². The third-order valence-corrected chi connectivity index (χ3v) is 3.73. The Hall–Kier alpha value is -0.830. The Labute approximate surface area is 89.3 Å². The highest BCUT2D eigenvalue weighted by Gasteiger charge is 2.12. The van der Waals surface area contributed by atoms with E-state index in [-0.39, 0.29) is 0 Å². The van der Waals surface area contributed by atoms with Crippen LogP contribution in [0.2, 0.25) is 0 Å². The Bertz CT molecular complexity index is 328. The standard InChI is InChI=1S/C11H16N2S/c1-9(2)11-12-8-10(14-11)13-6-4-3-5-7-13/h3-4,8-9H,5-7H2,1-2H3. The highest BCUT2D eigenvalue weighted by Crippen LogP contribution is 2.28. The SMILES string of the molecule is CC(C)c1ncc(N2CC=CCC2)s1. The third-order valence-electron chi connectivity index (χ3n) is 2.38. The van der Waals surface area contributed by atoms with Gasteiger partial charge in [-0.2, -0.15) is 0 Å². The maximum Gasteiger partial charge on any atom is 0.112 e. The average molecular weight is 208 g/mol. The van der Waals surface area contributed by atoms with Crippen molar-refractivity contribution in [2.24, 2.45) is 0 Å². The number of hydrogen-bond donors (Lipinski definition) is 0. The second kappa shape index (κ2) is 4.13. The number of nitrogens with zero attached hydrogens (tertiary/aromatic N) is 2. The smallest absolute Gasteiger partial charge is 0.112 e. The summed E-state index contributed by atoms with van der Waals surface area (Å²) in [4.78, 5) is 6.84. The lowest BCUT2D eigenvalue weighted by molar-refractivity contribution is 0.826. The Morgan fingerprint density at radius 2 is 2.29 bits per heavy atom. The van der Waals surface area contributed by atoms with Crippen molar-refractivity contribution >= 4 is 16.3 Å². The Balaban J connectivity index is 2.12. The lowest BCUT2D eigenvalue weighted by Gasteiger charge is -2.22. The van der Waals surface area contributed by atoms with Crippen molar-refractivity contribution in [1.29, 1.82) is 0 Å². The van der Waals surface area contributed by atoms with Gasteiger partial charge in [0.05, 0.1) is 11.2 Å². The van der Waals surface area contributed by atoms with Crippen LogP contribution in [0.3, 0.4) is 0 Å². The molecule has 0 unspecified atom stereocenters. The zero-order valence-electron chi connectivity index (χ0n) is 8.73. The van der Waals surface area contributed by atoms with Gasteiger partial charge in [-0.25, -0.2) is 4.98 Å². The maximum atomic E-state index is 4.44. The molecule has 0 aromatic carbocycles. The molecule has 14 heavy (non-hydrogen) atoms. The van der Waals surface area contributed by atoms with E-state index in [1.165, 1.54) is 10.0 Å². The van der Waals surface area contributed by atoms with Crippen molar-refractivity contribution < 1.29 is 0 Å². The van der Waals surface area contributed by atoms with Crippen LogP contribution in [-0.4, -0.2) is 18.1 Å². The van der Waals surface area contributed by atoms with E-state index >= 15 is 0 Å². The summed E-state index contributed by atoms with van der Waals surface area (Å²) in [6, 6.07) is 0. The lowest BCUT2D eigenvalue weighted by atomic mass is 10.2. The topological polar surface area (TPSA) is 16.1 Å². The van der Waals surface area contributed by atoms with Crippen LogP contribution in [0.25, 0.3) is 0 Å². The van der Waals surface area contributed by atoms with Crippen LogP contribution < -0.4 is 4.90 Å². The molecule has 1 aliphatic rings. The molecular formula is C11H16N2S. The van der Waals surface area contributed by atoms with E-state index in [1.807, 2.05) is 17.5 Å². The molecule has 0 saturated heterocycles. The maximum absolute atomic E-state index is 4.44. The number of thiazole rings is 1. The summed E-state index contributed by atoms with van der Waals surface area (Å²) >= 11 is 1.83. The molecule has 0 bridgehead atoms. The van der Waals surface area contributed by atoms with Gasteiger partial charge in [0.25, 0.3) is 0 Å². The minimum absolute atomic E-state index is 0.550. The molecule has 0 saturated carbocycles. The Kier molecular flexibility index (Phi) is 2.87. The van der Waals surface area contributed by atoms with Gasteiger partial charge in [-0.1, -0.05) is 26.0 Å². The molecule has 2 rings (SSSR count). The van der Waals surface area contributed by atoms with E-state index < -0.39 is 0 Å². The minimum Gasteiger partial charge on any atom is -0.358 e. The molecule has 3 heteroatoms. The second-order valence-electron chi connectivity index (χ2n) is 3.90. The first-order chi connectivity index (χ1) is 6.77. The molecule has 1 aromatic rings. The van der Waals surface area contributed by atoms with Crippen LogP contribution in [0.15, 0.2) is 18.3 Å². The highest BCUT2D eigenvalue weighted by atomic mass is 32.1. The lowest BCUT2D eigenvalue weighted by Crippen LogP contribution is -2.25. The highest BCUT2D eigenvalue weighted by molar-refractivity contribution is 7.15. The Morgan fingerprint density at radius 3 is 2.86 bits per heavy atom. The van der Waals surface area contributed by atoms with Crippen molar-refractivity contribution in [3.05, 3.63) is 23.4 Å². The number of rotatable bonds is 2. The molecule has 0 fully saturated rings. The molecule has 0 radical (unpaired) electrons. The van der Waals surface area contributed by atoms with Gasteiger partial charge in [-0.05, 0) is 6.42 Å². The number of aromatic nitrogens is 1. The fourth-order valence-electron chi connectivity index (χ4n) is 1.53. The molecular weight excluding hydrogens is 192 g/mol. The molecule has 2 nitrogen and oxygen atoms in total. The molecule has 0 atom stereocenters. The number of anilines is 1. The van der Waals surface area contributed by atoms with E-state index in [9.17, 15) is 0 Å². The summed E-state index contributed by atoms with van der Waals surface area (Å²) < 4.78 is 0. The molecule has 0 aliphatic carbocycles. The summed E-state index contributed by atoms with van der Waals surface area (Å²) in [5, 5.41) is 2.56. The summed E-state index contributed by atoms with van der Waals surface area (Å²) in [7, 11) is 0. The van der Waals surface area contributed by atoms with Gasteiger partial charge >= 0.3 is 0 Å². The third kappa shape index (κ3) is 1.98. The van der Waals surface area contributed by atoms with Crippen molar-refractivity contribution in [2.45, 2.75) is 26.2 Å². The average Bonchev–Trinajstić information content (AvgIpc) is 2.68. The largest absolute Gasteiger partial charge is 0.358 e. The van der Waals surface area contributed by atoms with Crippen LogP contribution in [0, 0.1) is 0 Å². The molecule has 2 heterocycles. The van der Waals surface area contributed by atoms with Gasteiger partial charge in [-0.15, -0.1) is 11.3 Å². The van der Waals surface area contributed by atoms with Gasteiger partial charge in [0.1, 0.15) is 5.00 Å². The van der Waals surface area contributed by atoms with Gasteiger partial charge in [0, 0.05) is 19.0 Å². The summed E-state index contributed by atoms with van der Waals surface area (Å²) in [5.41, 5.74) is 0. The van der Waals surface area contributed by atoms with E-state index in [0.717, 1.165) is 19.5 Å². The normalized spacial score (nSPS) is 16.6. The monoisotopic (exact) mass is 208 g/mol. The second-order valence-corrected chi connectivity index (χ2v) is 4.94. The van der Waals surface area contributed by atoms with Gasteiger partial charge in [0.2, 0.25) is 0 Å². The first-order valence-corrected chi connectivity index (χ1v) is 5.94. The quantitative estimate of drug-likeness (QED) is 0.694. The van der Waals surface area contributed by atoms with E-state index in [0.29, 0.717) is 5.92 Å². The predicted octanol–water partition coefficient (Wildman–Crippen LogP) is 3.03. The van der Waals surface area contributed by atoms with E-state index in [4.69, 9.17) is 0 Å². The fraction of sp³-hybridized carbons (Fsp3) is 0.545. The summed E-state index contributed by atoms with van der Waals surface area (Å²) in [6.45, 7) is 6.56. The molecule has 0 N–H and O–H groups in total. The Morgan fingerprint density at radius 1 is 1.43 bits per heavy atom. The molecule has 0 amide bonds. The predicted molar refractivity (Wildman–Crippen MR) is 62.2 cm³/mol. The molecule has 1 aliphatic heterocycles. The molecule has 0 spiro atoms. The zero-order valence-corrected chi connectivity index (χ0v) is 9.55. The van der Waals surface area contributed by atoms with Crippen LogP contribution in [0.1, 0.15) is 31.2 Å². The number of hydrogen-bond acceptors (Lipinski definition) is 3. The minimum atomic E-state index is 0.550. The van der Waals surface area contributed by atoms with Crippen LogP contribution in [-0.2, 0) is 0 Å². The first kappa shape index (κ1) is 9.71. The van der Waals surface area contributed by atoms with Crippen molar-refractivity contribution in [2.75, 3.05) is 18.0 Å². The van der Waals surface area contributed by atoms with Gasteiger partial charge in [0.15, 0.2) is 0 Å². The molecule has 76 valence electrons. The van der Waals surface area contributed by atoms with Crippen LogP contribution >= 0.6 is 11.3 Å². The van der Waals surface area contributed by atoms with Crippen LogP contribution in [0.5, 0.6) is 0 Å². The van der Waals surface area contributed by atoms with Gasteiger partial charge in [-0.3, -0.25) is 0 Å². The van der Waals surface area contributed by atoms with Crippen molar-refractivity contribution in [3.63, 3.8) is 0 Å². The molecule has 1 aromatic heterocycles.